The van der Waals surface area contributed by atoms with Gasteiger partial charge in [0.05, 0.1) is 17.1 Å². The normalized spacial score (nSPS) is 16.5. The van der Waals surface area contributed by atoms with Crippen LogP contribution in [-0.4, -0.2) is 49.4 Å². The average Bonchev–Trinajstić information content (AvgIpc) is 3.03. The maximum Gasteiger partial charge on any atom is 0.253 e. The Morgan fingerprint density at radius 1 is 1.04 bits per heavy atom. The number of carbonyl (C=O) groups excluding carboxylic acids is 2. The Morgan fingerprint density at radius 2 is 1.79 bits per heavy atom. The molecule has 0 bridgehead atoms. The zero-order valence-electron chi connectivity index (χ0n) is 16.0. The maximum atomic E-state index is 13.0. The monoisotopic (exact) mass is 397 g/mol. The second-order valence-corrected chi connectivity index (χ2v) is 7.70. The van der Waals surface area contributed by atoms with E-state index in [1.807, 2.05) is 52.3 Å². The van der Waals surface area contributed by atoms with Gasteiger partial charge in [-0.15, -0.1) is 0 Å². The van der Waals surface area contributed by atoms with E-state index in [0.717, 1.165) is 48.0 Å². The molecule has 1 fully saturated rings. The first kappa shape index (κ1) is 18.8. The van der Waals surface area contributed by atoms with E-state index in [4.69, 9.17) is 11.6 Å². The number of piperazine rings is 1. The molecule has 28 heavy (non-hydrogen) atoms. The van der Waals surface area contributed by atoms with Crippen molar-refractivity contribution in [2.24, 2.45) is 0 Å². The van der Waals surface area contributed by atoms with Crippen molar-refractivity contribution in [3.05, 3.63) is 58.6 Å². The third-order valence-corrected chi connectivity index (χ3v) is 5.79. The van der Waals surface area contributed by atoms with Crippen molar-refractivity contribution in [1.82, 2.24) is 4.90 Å². The molecule has 2 aromatic rings. The number of fused-ring (bicyclic) bond motifs is 1. The van der Waals surface area contributed by atoms with Gasteiger partial charge in [-0.05, 0) is 42.3 Å². The van der Waals surface area contributed by atoms with Crippen molar-refractivity contribution in [2.45, 2.75) is 19.8 Å². The molecule has 5 nitrogen and oxygen atoms in total. The molecule has 0 spiro atoms. The fourth-order valence-corrected chi connectivity index (χ4v) is 4.28. The number of rotatable bonds is 4. The number of benzene rings is 2. The second-order valence-electron chi connectivity index (χ2n) is 7.30. The number of nitrogens with zero attached hydrogens (tertiary/aromatic N) is 3. The zero-order valence-corrected chi connectivity index (χ0v) is 16.8. The first-order valence-electron chi connectivity index (χ1n) is 9.80. The van der Waals surface area contributed by atoms with Gasteiger partial charge in [-0.25, -0.2) is 0 Å². The van der Waals surface area contributed by atoms with Crippen LogP contribution >= 0.6 is 11.6 Å². The minimum Gasteiger partial charge on any atom is -0.367 e. The Balaban J connectivity index is 1.44. The molecular weight excluding hydrogens is 374 g/mol. The van der Waals surface area contributed by atoms with Gasteiger partial charge in [0, 0.05) is 44.0 Å². The molecule has 0 saturated carbocycles. The summed E-state index contributed by atoms with van der Waals surface area (Å²) in [7, 11) is 0. The van der Waals surface area contributed by atoms with E-state index in [0.29, 0.717) is 25.1 Å². The van der Waals surface area contributed by atoms with Crippen molar-refractivity contribution in [2.75, 3.05) is 42.5 Å². The predicted octanol–water partition coefficient (Wildman–Crippen LogP) is 3.60. The van der Waals surface area contributed by atoms with Crippen molar-refractivity contribution in [3.8, 4) is 0 Å². The van der Waals surface area contributed by atoms with Crippen LogP contribution in [0.5, 0.6) is 0 Å². The van der Waals surface area contributed by atoms with Gasteiger partial charge < -0.3 is 14.7 Å². The molecule has 0 aromatic heterocycles. The molecule has 1 saturated heterocycles. The van der Waals surface area contributed by atoms with Crippen LogP contribution in [0.1, 0.15) is 29.3 Å². The zero-order chi connectivity index (χ0) is 19.7. The van der Waals surface area contributed by atoms with E-state index in [1.54, 1.807) is 0 Å². The van der Waals surface area contributed by atoms with Crippen LogP contribution in [0.25, 0.3) is 0 Å². The smallest absolute Gasteiger partial charge is 0.253 e. The minimum atomic E-state index is 0.0306. The van der Waals surface area contributed by atoms with E-state index in [-0.39, 0.29) is 11.8 Å². The topological polar surface area (TPSA) is 43.9 Å². The van der Waals surface area contributed by atoms with E-state index < -0.39 is 0 Å². The van der Waals surface area contributed by atoms with Crippen LogP contribution in [0.3, 0.4) is 0 Å². The van der Waals surface area contributed by atoms with Gasteiger partial charge >= 0.3 is 0 Å². The molecule has 0 atom stereocenters. The quantitative estimate of drug-likeness (QED) is 0.791. The lowest BCUT2D eigenvalue weighted by atomic mass is 10.1. The van der Waals surface area contributed by atoms with Crippen LogP contribution in [0.2, 0.25) is 5.02 Å². The number of hydrogen-bond donors (Lipinski definition) is 0. The third kappa shape index (κ3) is 3.47. The fourth-order valence-electron chi connectivity index (χ4n) is 4.03. The molecule has 0 radical (unpaired) electrons. The first-order valence-corrected chi connectivity index (χ1v) is 10.2. The van der Waals surface area contributed by atoms with Crippen molar-refractivity contribution >= 4 is 34.8 Å². The van der Waals surface area contributed by atoms with E-state index in [2.05, 4.69) is 11.8 Å². The Bertz CT molecular complexity index is 906. The molecule has 0 N–H and O–H groups in total. The lowest BCUT2D eigenvalue weighted by molar-refractivity contribution is -0.117. The summed E-state index contributed by atoms with van der Waals surface area (Å²) in [6.07, 6.45) is 1.30. The molecule has 2 aliphatic rings. The van der Waals surface area contributed by atoms with Gasteiger partial charge in [0.25, 0.3) is 5.91 Å². The molecule has 146 valence electrons. The Labute approximate surface area is 170 Å². The molecule has 0 aliphatic carbocycles. The van der Waals surface area contributed by atoms with E-state index in [1.165, 1.54) is 0 Å². The molecule has 2 aromatic carbocycles. The summed E-state index contributed by atoms with van der Waals surface area (Å²) in [5, 5.41) is 0.738. The molecule has 4 rings (SSSR count). The molecule has 2 heterocycles. The van der Waals surface area contributed by atoms with Crippen LogP contribution in [0.4, 0.5) is 11.4 Å². The second kappa shape index (κ2) is 7.84. The minimum absolute atomic E-state index is 0.0306. The molecule has 2 amide bonds. The Morgan fingerprint density at radius 3 is 2.50 bits per heavy atom. The van der Waals surface area contributed by atoms with E-state index >= 15 is 0 Å². The van der Waals surface area contributed by atoms with Gasteiger partial charge in [0.15, 0.2) is 0 Å². The standard InChI is InChI=1S/C22H24ClN3O2/c1-2-9-26-19-8-7-16(14-17(19)15-21(26)27)22(28)25-12-10-24(11-13-25)20-6-4-3-5-18(20)23/h3-8,14H,2,9-13,15H2,1H3. The summed E-state index contributed by atoms with van der Waals surface area (Å²) in [5.41, 5.74) is 3.59. The number of carbonyl (C=O) groups is 2. The highest BCUT2D eigenvalue weighted by Crippen LogP contribution is 2.31. The van der Waals surface area contributed by atoms with Crippen LogP contribution in [0.15, 0.2) is 42.5 Å². The summed E-state index contributed by atoms with van der Waals surface area (Å²) >= 11 is 6.30. The average molecular weight is 398 g/mol. The lowest BCUT2D eigenvalue weighted by Crippen LogP contribution is -2.48. The molecule has 2 aliphatic heterocycles. The fraction of sp³-hybridized carbons (Fsp3) is 0.364. The highest BCUT2D eigenvalue weighted by molar-refractivity contribution is 6.33. The van der Waals surface area contributed by atoms with Crippen LogP contribution in [-0.2, 0) is 11.2 Å². The molecular formula is C22H24ClN3O2. The van der Waals surface area contributed by atoms with Crippen LogP contribution < -0.4 is 9.80 Å². The summed E-state index contributed by atoms with van der Waals surface area (Å²) in [6, 6.07) is 13.5. The van der Waals surface area contributed by atoms with Gasteiger partial charge in [0.1, 0.15) is 0 Å². The van der Waals surface area contributed by atoms with Crippen molar-refractivity contribution in [3.63, 3.8) is 0 Å². The van der Waals surface area contributed by atoms with Crippen molar-refractivity contribution < 1.29 is 9.59 Å². The van der Waals surface area contributed by atoms with E-state index in [9.17, 15) is 9.59 Å². The Kier molecular flexibility index (Phi) is 5.27. The van der Waals surface area contributed by atoms with Gasteiger partial charge in [-0.2, -0.15) is 0 Å². The van der Waals surface area contributed by atoms with Gasteiger partial charge in [-0.1, -0.05) is 30.7 Å². The maximum absolute atomic E-state index is 13.0. The summed E-state index contributed by atoms with van der Waals surface area (Å²) in [4.78, 5) is 31.1. The Hall–Kier alpha value is -2.53. The highest BCUT2D eigenvalue weighted by atomic mass is 35.5. The summed E-state index contributed by atoms with van der Waals surface area (Å²) < 4.78 is 0. The number of amides is 2. The molecule has 0 unspecified atom stereocenters. The predicted molar refractivity (Wildman–Crippen MR) is 112 cm³/mol. The lowest BCUT2D eigenvalue weighted by Gasteiger charge is -2.36. The number of hydrogen-bond acceptors (Lipinski definition) is 3. The SMILES string of the molecule is CCCN1C(=O)Cc2cc(C(=O)N3CCN(c4ccccc4Cl)CC3)ccc21. The number of halogens is 1. The summed E-state index contributed by atoms with van der Waals surface area (Å²) in [5.74, 6) is 0.151. The van der Waals surface area contributed by atoms with Crippen molar-refractivity contribution in [1.29, 1.82) is 0 Å². The largest absolute Gasteiger partial charge is 0.367 e. The van der Waals surface area contributed by atoms with Gasteiger partial charge in [0.2, 0.25) is 5.91 Å². The number of para-hydroxylation sites is 1. The van der Waals surface area contributed by atoms with Gasteiger partial charge in [-0.3, -0.25) is 9.59 Å². The highest BCUT2D eigenvalue weighted by Gasteiger charge is 2.29. The van der Waals surface area contributed by atoms with Crippen LogP contribution in [0, 0.1) is 0 Å². The molecule has 6 heteroatoms. The summed E-state index contributed by atoms with van der Waals surface area (Å²) in [6.45, 7) is 5.60. The number of anilines is 2. The third-order valence-electron chi connectivity index (χ3n) is 5.47. The first-order chi connectivity index (χ1) is 13.6.